The van der Waals surface area contributed by atoms with E-state index in [0.717, 1.165) is 83.2 Å². The lowest BCUT2D eigenvalue weighted by molar-refractivity contribution is 0.660. The molecule has 342 valence electrons. The normalized spacial score (nSPS) is 14.1. The zero-order valence-corrected chi connectivity index (χ0v) is 40.3. The van der Waals surface area contributed by atoms with Crippen LogP contribution in [0.15, 0.2) is 245 Å². The monoisotopic (exact) mass is 931 g/mol. The first kappa shape index (κ1) is 40.5. The first-order valence-corrected chi connectivity index (χ1v) is 25.4. The second-order valence-corrected chi connectivity index (χ2v) is 20.6. The van der Waals surface area contributed by atoms with Gasteiger partial charge in [-0.05, 0) is 126 Å². The lowest BCUT2D eigenvalue weighted by Crippen LogP contribution is -2.26. The number of hydrogen-bond donors (Lipinski definition) is 0. The summed E-state index contributed by atoms with van der Waals surface area (Å²) in [6, 6.07) is 87.1. The highest BCUT2D eigenvalue weighted by molar-refractivity contribution is 6.24. The van der Waals surface area contributed by atoms with Gasteiger partial charge in [-0.3, -0.25) is 0 Å². The molecule has 0 N–H and O–H groups in total. The molecular formula is C70H45NO2. The fourth-order valence-electron chi connectivity index (χ4n) is 13.6. The number of hydrogen-bond acceptors (Lipinski definition) is 3. The van der Waals surface area contributed by atoms with Gasteiger partial charge in [0.25, 0.3) is 0 Å². The van der Waals surface area contributed by atoms with Crippen LogP contribution in [0.4, 0.5) is 17.1 Å². The molecule has 3 heteroatoms. The van der Waals surface area contributed by atoms with Crippen LogP contribution in [0.25, 0.3) is 99.5 Å². The lowest BCUT2D eigenvalue weighted by Gasteiger charge is -2.32. The van der Waals surface area contributed by atoms with Gasteiger partial charge in [0.05, 0.1) is 11.1 Å². The quantitative estimate of drug-likeness (QED) is 0.172. The molecule has 13 aromatic rings. The molecule has 11 aromatic carbocycles. The van der Waals surface area contributed by atoms with Crippen molar-refractivity contribution in [2.45, 2.75) is 24.7 Å². The molecule has 0 fully saturated rings. The largest absolute Gasteiger partial charge is 0.456 e. The Morgan fingerprint density at radius 1 is 0.329 bits per heavy atom. The van der Waals surface area contributed by atoms with Crippen molar-refractivity contribution < 1.29 is 8.83 Å². The van der Waals surface area contributed by atoms with Crippen LogP contribution in [0.5, 0.6) is 0 Å². The molecule has 0 bridgehead atoms. The topological polar surface area (TPSA) is 29.5 Å². The van der Waals surface area contributed by atoms with Crippen molar-refractivity contribution in [2.75, 3.05) is 4.90 Å². The van der Waals surface area contributed by atoms with E-state index in [1.54, 1.807) is 0 Å². The molecule has 3 aliphatic carbocycles. The standard InChI is InChI=1S/C70H45NO2/c1-69(2)56-26-12-6-21-47(56)51-35-32-43(38-60(51)69)66-67-54-25-11-17-31-63(54)72-65(67)41-55-53-37-34-45(40-64(53)73-68(55)66)71(62-30-16-10-20-46(62)42-18-4-3-5-19-42)44-33-36-52-50-24-9-15-29-59(50)70(61(52)39-44)57-27-13-7-22-48(57)49-23-8-14-28-58(49)70/h3-41H,1-2H3. The summed E-state index contributed by atoms with van der Waals surface area (Å²) < 4.78 is 14.1. The molecule has 0 radical (unpaired) electrons. The Bertz CT molecular complexity index is 4430. The molecule has 16 rings (SSSR count). The van der Waals surface area contributed by atoms with Gasteiger partial charge in [-0.2, -0.15) is 0 Å². The second-order valence-electron chi connectivity index (χ2n) is 20.6. The number of furan rings is 2. The molecule has 2 heterocycles. The highest BCUT2D eigenvalue weighted by Crippen LogP contribution is 2.63. The molecule has 0 aliphatic heterocycles. The summed E-state index contributed by atoms with van der Waals surface area (Å²) in [6.07, 6.45) is 0. The summed E-state index contributed by atoms with van der Waals surface area (Å²) in [5.74, 6) is 0. The third-order valence-electron chi connectivity index (χ3n) is 16.7. The van der Waals surface area contributed by atoms with Gasteiger partial charge in [-0.15, -0.1) is 0 Å². The summed E-state index contributed by atoms with van der Waals surface area (Å²) in [5, 5.41) is 4.21. The van der Waals surface area contributed by atoms with Crippen molar-refractivity contribution in [3.8, 4) is 55.6 Å². The Hall–Kier alpha value is -9.18. The Labute approximate surface area is 422 Å². The van der Waals surface area contributed by atoms with Crippen molar-refractivity contribution >= 4 is 60.9 Å². The van der Waals surface area contributed by atoms with Gasteiger partial charge in [0.1, 0.15) is 22.3 Å². The van der Waals surface area contributed by atoms with Crippen LogP contribution in [0.1, 0.15) is 47.2 Å². The van der Waals surface area contributed by atoms with Crippen LogP contribution in [0.3, 0.4) is 0 Å². The minimum atomic E-state index is -0.491. The minimum absolute atomic E-state index is 0.166. The number of rotatable bonds is 5. The molecule has 3 nitrogen and oxygen atoms in total. The second kappa shape index (κ2) is 14.7. The first-order valence-electron chi connectivity index (χ1n) is 25.4. The fraction of sp³-hybridized carbons (Fsp3) is 0.0571. The van der Waals surface area contributed by atoms with Crippen molar-refractivity contribution in [1.29, 1.82) is 0 Å². The highest BCUT2D eigenvalue weighted by atomic mass is 16.3. The zero-order valence-electron chi connectivity index (χ0n) is 40.3. The van der Waals surface area contributed by atoms with Crippen LogP contribution in [-0.4, -0.2) is 0 Å². The van der Waals surface area contributed by atoms with E-state index in [4.69, 9.17) is 8.83 Å². The minimum Gasteiger partial charge on any atom is -0.456 e. The lowest BCUT2D eigenvalue weighted by atomic mass is 9.70. The number of benzene rings is 11. The van der Waals surface area contributed by atoms with Gasteiger partial charge < -0.3 is 13.7 Å². The predicted octanol–water partition coefficient (Wildman–Crippen LogP) is 18.9. The van der Waals surface area contributed by atoms with E-state index in [1.165, 1.54) is 66.8 Å². The number of para-hydroxylation sites is 2. The molecular weight excluding hydrogens is 887 g/mol. The van der Waals surface area contributed by atoms with E-state index >= 15 is 0 Å². The van der Waals surface area contributed by atoms with Crippen LogP contribution < -0.4 is 4.90 Å². The van der Waals surface area contributed by atoms with Crippen LogP contribution in [-0.2, 0) is 10.8 Å². The Morgan fingerprint density at radius 3 is 1.60 bits per heavy atom. The van der Waals surface area contributed by atoms with Gasteiger partial charge in [-0.1, -0.05) is 196 Å². The van der Waals surface area contributed by atoms with Gasteiger partial charge >= 0.3 is 0 Å². The van der Waals surface area contributed by atoms with E-state index in [1.807, 2.05) is 6.07 Å². The Morgan fingerprint density at radius 2 is 0.877 bits per heavy atom. The Balaban J connectivity index is 0.946. The zero-order chi connectivity index (χ0) is 48.2. The van der Waals surface area contributed by atoms with Crippen molar-refractivity contribution in [2.24, 2.45) is 0 Å². The van der Waals surface area contributed by atoms with Gasteiger partial charge in [0, 0.05) is 55.5 Å². The average Bonchev–Trinajstić information content (AvgIpc) is 4.29. The molecule has 3 aliphatic rings. The van der Waals surface area contributed by atoms with Crippen molar-refractivity contribution in [3.63, 3.8) is 0 Å². The SMILES string of the molecule is CC1(C)c2ccccc2-c2ccc(-c3c4oc5cc(N(c6ccc7c(c6)C6(c8ccccc8-c8ccccc86)c6ccccc6-7)c6ccccc6-c6ccccc6)ccc5c4cc4oc5ccccc5c34)cc21. The van der Waals surface area contributed by atoms with E-state index < -0.39 is 5.41 Å². The van der Waals surface area contributed by atoms with Crippen LogP contribution >= 0.6 is 0 Å². The van der Waals surface area contributed by atoms with Crippen molar-refractivity contribution in [1.82, 2.24) is 0 Å². The number of nitrogens with zero attached hydrogens (tertiary/aromatic N) is 1. The molecule has 73 heavy (non-hydrogen) atoms. The smallest absolute Gasteiger partial charge is 0.144 e. The third-order valence-corrected chi connectivity index (χ3v) is 16.7. The number of fused-ring (bicyclic) bond motifs is 19. The van der Waals surface area contributed by atoms with E-state index in [-0.39, 0.29) is 5.41 Å². The third kappa shape index (κ3) is 5.38. The summed E-state index contributed by atoms with van der Waals surface area (Å²) in [4.78, 5) is 2.44. The predicted molar refractivity (Wildman–Crippen MR) is 300 cm³/mol. The first-order chi connectivity index (χ1) is 36.0. The molecule has 0 saturated carbocycles. The molecule has 0 amide bonds. The molecule has 0 atom stereocenters. The van der Waals surface area contributed by atoms with Crippen LogP contribution in [0, 0.1) is 0 Å². The maximum absolute atomic E-state index is 7.38. The summed E-state index contributed by atoms with van der Waals surface area (Å²) >= 11 is 0. The maximum Gasteiger partial charge on any atom is 0.144 e. The van der Waals surface area contributed by atoms with Gasteiger partial charge in [-0.25, -0.2) is 0 Å². The van der Waals surface area contributed by atoms with E-state index in [0.29, 0.717) is 0 Å². The van der Waals surface area contributed by atoms with E-state index in [2.05, 4.69) is 249 Å². The van der Waals surface area contributed by atoms with Crippen molar-refractivity contribution in [3.05, 3.63) is 270 Å². The van der Waals surface area contributed by atoms with Gasteiger partial charge in [0.15, 0.2) is 0 Å². The van der Waals surface area contributed by atoms with E-state index in [9.17, 15) is 0 Å². The Kier molecular flexibility index (Phi) is 8.16. The summed E-state index contributed by atoms with van der Waals surface area (Å²) in [5.41, 5.74) is 26.0. The highest BCUT2D eigenvalue weighted by Gasteiger charge is 2.51. The molecule has 1 spiro atoms. The average molecular weight is 932 g/mol. The van der Waals surface area contributed by atoms with Gasteiger partial charge in [0.2, 0.25) is 0 Å². The summed E-state index contributed by atoms with van der Waals surface area (Å²) in [6.45, 7) is 4.70. The summed E-state index contributed by atoms with van der Waals surface area (Å²) in [7, 11) is 0. The number of anilines is 3. The maximum atomic E-state index is 7.38. The van der Waals surface area contributed by atoms with Crippen LogP contribution in [0.2, 0.25) is 0 Å². The molecule has 2 aromatic heterocycles. The molecule has 0 saturated heterocycles. The molecule has 0 unspecified atom stereocenters. The fourth-order valence-corrected chi connectivity index (χ4v) is 13.6.